The van der Waals surface area contributed by atoms with Gasteiger partial charge in [0.1, 0.15) is 6.10 Å². The monoisotopic (exact) mass is 392 g/mol. The van der Waals surface area contributed by atoms with Crippen LogP contribution in [0.3, 0.4) is 0 Å². The highest BCUT2D eigenvalue weighted by Crippen LogP contribution is 2.32. The third-order valence-corrected chi connectivity index (χ3v) is 6.35. The number of carbonyl (C=O) groups is 1. The van der Waals surface area contributed by atoms with Gasteiger partial charge in [0, 0.05) is 30.4 Å². The molecular formula is C20H22F2N2O2S. The number of hydrogen-bond acceptors (Lipinski definition) is 4. The molecule has 3 heterocycles. The van der Waals surface area contributed by atoms with Crippen LogP contribution in [0.15, 0.2) is 29.6 Å². The molecule has 0 aliphatic carbocycles. The Kier molecular flexibility index (Phi) is 5.14. The Labute approximate surface area is 161 Å². The maximum absolute atomic E-state index is 14.0. The van der Waals surface area contributed by atoms with Gasteiger partial charge in [0.05, 0.1) is 5.69 Å². The van der Waals surface area contributed by atoms with Crippen molar-refractivity contribution in [2.75, 3.05) is 11.9 Å². The first-order valence-corrected chi connectivity index (χ1v) is 10.1. The van der Waals surface area contributed by atoms with E-state index in [1.54, 1.807) is 13.1 Å². The summed E-state index contributed by atoms with van der Waals surface area (Å²) in [5.74, 6) is -1.70. The number of benzene rings is 1. The fraction of sp³-hybridized carbons (Fsp3) is 0.450. The van der Waals surface area contributed by atoms with Gasteiger partial charge in [0.25, 0.3) is 0 Å². The molecule has 2 aliphatic heterocycles. The normalized spacial score (nSPS) is 24.0. The standard InChI is InChI=1S/C20H22F2N2O2S/c1-24(20(25)26-15-10-13-5-6-14(11-15)23-13)17-7-8-27-18(17)9-12-3-2-4-16(21)19(12)22/h2-4,7-8,13-15,23H,5-6,9-11H2,1H3. The zero-order chi connectivity index (χ0) is 19.0. The van der Waals surface area contributed by atoms with E-state index in [-0.39, 0.29) is 18.1 Å². The van der Waals surface area contributed by atoms with Crippen LogP contribution in [0.1, 0.15) is 36.1 Å². The fourth-order valence-electron chi connectivity index (χ4n) is 4.04. The summed E-state index contributed by atoms with van der Waals surface area (Å²) in [4.78, 5) is 14.9. The molecule has 1 N–H and O–H groups in total. The molecule has 144 valence electrons. The van der Waals surface area contributed by atoms with E-state index in [1.807, 2.05) is 11.4 Å². The van der Waals surface area contributed by atoms with Crippen LogP contribution in [-0.4, -0.2) is 31.3 Å². The predicted octanol–water partition coefficient (Wildman–Crippen LogP) is 4.47. The van der Waals surface area contributed by atoms with E-state index in [0.717, 1.165) is 36.6 Å². The Morgan fingerprint density at radius 2 is 2.00 bits per heavy atom. The van der Waals surface area contributed by atoms with Crippen LogP contribution in [0.5, 0.6) is 0 Å². The second kappa shape index (κ2) is 7.56. The molecule has 1 aromatic heterocycles. The van der Waals surface area contributed by atoms with Gasteiger partial charge in [-0.15, -0.1) is 11.3 Å². The maximum atomic E-state index is 14.0. The summed E-state index contributed by atoms with van der Waals surface area (Å²) in [6.07, 6.45) is 3.74. The molecule has 2 aliphatic rings. The predicted molar refractivity (Wildman–Crippen MR) is 101 cm³/mol. The van der Waals surface area contributed by atoms with E-state index < -0.39 is 17.7 Å². The van der Waals surface area contributed by atoms with Crippen molar-refractivity contribution in [3.05, 3.63) is 51.7 Å². The van der Waals surface area contributed by atoms with Gasteiger partial charge in [-0.05, 0) is 48.8 Å². The minimum atomic E-state index is -0.862. The molecule has 0 saturated carbocycles. The Hall–Kier alpha value is -1.99. The van der Waals surface area contributed by atoms with Crippen molar-refractivity contribution in [2.24, 2.45) is 0 Å². The number of fused-ring (bicyclic) bond motifs is 2. The molecule has 2 atom stereocenters. The first-order valence-electron chi connectivity index (χ1n) is 9.21. The number of ether oxygens (including phenoxy) is 1. The molecule has 0 spiro atoms. The number of amides is 1. The van der Waals surface area contributed by atoms with Gasteiger partial charge in [-0.2, -0.15) is 0 Å². The van der Waals surface area contributed by atoms with Gasteiger partial charge < -0.3 is 10.1 Å². The van der Waals surface area contributed by atoms with E-state index in [0.29, 0.717) is 17.8 Å². The third-order valence-electron chi connectivity index (χ3n) is 5.44. The van der Waals surface area contributed by atoms with Gasteiger partial charge >= 0.3 is 6.09 Å². The van der Waals surface area contributed by atoms with E-state index in [2.05, 4.69) is 5.32 Å². The Bertz CT molecular complexity index is 829. The van der Waals surface area contributed by atoms with Crippen molar-refractivity contribution in [2.45, 2.75) is 50.3 Å². The molecule has 4 rings (SSSR count). The summed E-state index contributed by atoms with van der Waals surface area (Å²) in [5.41, 5.74) is 0.945. The van der Waals surface area contributed by atoms with Crippen molar-refractivity contribution in [3.8, 4) is 0 Å². The number of anilines is 1. The summed E-state index contributed by atoms with van der Waals surface area (Å²) >= 11 is 1.41. The molecule has 2 aromatic rings. The Balaban J connectivity index is 1.45. The average molecular weight is 392 g/mol. The van der Waals surface area contributed by atoms with E-state index in [9.17, 15) is 13.6 Å². The van der Waals surface area contributed by atoms with Crippen molar-refractivity contribution in [1.82, 2.24) is 5.32 Å². The average Bonchev–Trinajstić information content (AvgIpc) is 3.24. The van der Waals surface area contributed by atoms with Gasteiger partial charge in [-0.25, -0.2) is 13.6 Å². The van der Waals surface area contributed by atoms with Gasteiger partial charge in [0.2, 0.25) is 0 Å². The Morgan fingerprint density at radius 3 is 2.74 bits per heavy atom. The number of rotatable bonds is 4. The first-order chi connectivity index (χ1) is 13.0. The molecule has 1 amide bonds. The maximum Gasteiger partial charge on any atom is 0.414 e. The molecule has 7 heteroatoms. The number of halogens is 2. The molecule has 2 unspecified atom stereocenters. The molecule has 2 saturated heterocycles. The second-order valence-electron chi connectivity index (χ2n) is 7.29. The number of hydrogen-bond donors (Lipinski definition) is 1. The van der Waals surface area contributed by atoms with Crippen LogP contribution < -0.4 is 10.2 Å². The molecule has 0 radical (unpaired) electrons. The van der Waals surface area contributed by atoms with E-state index in [1.165, 1.54) is 22.3 Å². The number of thiophene rings is 1. The topological polar surface area (TPSA) is 41.6 Å². The number of nitrogens with zero attached hydrogens (tertiary/aromatic N) is 1. The largest absolute Gasteiger partial charge is 0.446 e. The summed E-state index contributed by atoms with van der Waals surface area (Å²) in [7, 11) is 1.66. The Morgan fingerprint density at radius 1 is 1.26 bits per heavy atom. The molecule has 27 heavy (non-hydrogen) atoms. The van der Waals surface area contributed by atoms with E-state index >= 15 is 0 Å². The summed E-state index contributed by atoms with van der Waals surface area (Å²) in [5, 5.41) is 5.37. The SMILES string of the molecule is CN(C(=O)OC1CC2CCC(C1)N2)c1ccsc1Cc1cccc(F)c1F. The zero-order valence-electron chi connectivity index (χ0n) is 15.1. The van der Waals surface area contributed by atoms with E-state index in [4.69, 9.17) is 4.74 Å². The number of carbonyl (C=O) groups excluding carboxylic acids is 1. The van der Waals surface area contributed by atoms with Crippen LogP contribution in [0.2, 0.25) is 0 Å². The third kappa shape index (κ3) is 3.84. The minimum absolute atomic E-state index is 0.0681. The highest BCUT2D eigenvalue weighted by molar-refractivity contribution is 7.10. The van der Waals surface area contributed by atoms with Crippen molar-refractivity contribution >= 4 is 23.1 Å². The lowest BCUT2D eigenvalue weighted by atomic mass is 10.0. The number of piperidine rings is 1. The smallest absolute Gasteiger partial charge is 0.414 e. The summed E-state index contributed by atoms with van der Waals surface area (Å²) < 4.78 is 33.2. The van der Waals surface area contributed by atoms with Crippen LogP contribution in [0.25, 0.3) is 0 Å². The molecular weight excluding hydrogens is 370 g/mol. The lowest BCUT2D eigenvalue weighted by Gasteiger charge is -2.30. The number of nitrogens with one attached hydrogen (secondary N) is 1. The van der Waals surface area contributed by atoms with Crippen LogP contribution in [0, 0.1) is 11.6 Å². The first kappa shape index (κ1) is 18.4. The van der Waals surface area contributed by atoms with Gasteiger partial charge in [-0.3, -0.25) is 4.90 Å². The fourth-order valence-corrected chi connectivity index (χ4v) is 4.97. The highest BCUT2D eigenvalue weighted by Gasteiger charge is 2.35. The molecule has 2 bridgehead atoms. The van der Waals surface area contributed by atoms with Crippen LogP contribution in [0.4, 0.5) is 19.3 Å². The summed E-state index contributed by atoms with van der Waals surface area (Å²) in [6.45, 7) is 0. The van der Waals surface area contributed by atoms with Crippen molar-refractivity contribution < 1.29 is 18.3 Å². The van der Waals surface area contributed by atoms with Gasteiger partial charge in [-0.1, -0.05) is 12.1 Å². The van der Waals surface area contributed by atoms with Crippen LogP contribution in [-0.2, 0) is 11.2 Å². The molecule has 2 fully saturated rings. The highest BCUT2D eigenvalue weighted by atomic mass is 32.1. The van der Waals surface area contributed by atoms with Crippen molar-refractivity contribution in [1.29, 1.82) is 0 Å². The van der Waals surface area contributed by atoms with Crippen LogP contribution >= 0.6 is 11.3 Å². The van der Waals surface area contributed by atoms with Gasteiger partial charge in [0.15, 0.2) is 11.6 Å². The lowest BCUT2D eigenvalue weighted by Crippen LogP contribution is -2.43. The lowest BCUT2D eigenvalue weighted by molar-refractivity contribution is 0.0730. The molecule has 1 aromatic carbocycles. The van der Waals surface area contributed by atoms with Crippen molar-refractivity contribution in [3.63, 3.8) is 0 Å². The quantitative estimate of drug-likeness (QED) is 0.835. The zero-order valence-corrected chi connectivity index (χ0v) is 15.9. The molecule has 4 nitrogen and oxygen atoms in total. The minimum Gasteiger partial charge on any atom is -0.446 e. The summed E-state index contributed by atoms with van der Waals surface area (Å²) in [6, 6.07) is 6.85. The second-order valence-corrected chi connectivity index (χ2v) is 8.29.